The molecule has 0 aliphatic rings. The van der Waals surface area contributed by atoms with Crippen LogP contribution in [0.2, 0.25) is 0 Å². The second-order valence-corrected chi connectivity index (χ2v) is 2.12. The minimum atomic E-state index is 0.917. The Balaban J connectivity index is 2.50. The summed E-state index contributed by atoms with van der Waals surface area (Å²) < 4.78 is 0. The van der Waals surface area contributed by atoms with E-state index in [0.29, 0.717) is 0 Å². The molecule has 1 N–H and O–H groups in total. The molecule has 0 saturated heterocycles. The van der Waals surface area contributed by atoms with Crippen LogP contribution >= 0.6 is 12.6 Å². The molecule has 1 rings (SSSR count). The molecule has 0 aromatic carbocycles. The molecule has 0 aliphatic heterocycles. The number of aromatic amines is 1. The largest absolute Gasteiger partial charge is 0.365 e. The maximum absolute atomic E-state index is 4.09. The molecule has 1 aromatic heterocycles. The molecule has 0 spiro atoms. The Morgan fingerprint density at radius 1 is 1.62 bits per heavy atom. The second-order valence-electron chi connectivity index (χ2n) is 1.67. The van der Waals surface area contributed by atoms with Crippen molar-refractivity contribution in [2.75, 3.05) is 5.75 Å². The number of thiol groups is 1. The predicted molar refractivity (Wildman–Crippen MR) is 38.3 cm³/mol. The van der Waals surface area contributed by atoms with Gasteiger partial charge in [-0.1, -0.05) is 0 Å². The highest BCUT2D eigenvalue weighted by atomic mass is 32.1. The van der Waals surface area contributed by atoms with Crippen molar-refractivity contribution in [3.05, 3.63) is 24.0 Å². The van der Waals surface area contributed by atoms with Crippen LogP contribution in [-0.2, 0) is 6.42 Å². The molecule has 0 aliphatic carbocycles. The van der Waals surface area contributed by atoms with Gasteiger partial charge in [0, 0.05) is 11.9 Å². The van der Waals surface area contributed by atoms with E-state index in [1.54, 1.807) is 0 Å². The number of H-pyrrole nitrogens is 1. The third kappa shape index (κ3) is 1.30. The van der Waals surface area contributed by atoms with Crippen LogP contribution in [0.1, 0.15) is 5.69 Å². The molecule has 1 nitrogen and oxygen atoms in total. The molecule has 0 fully saturated rings. The van der Waals surface area contributed by atoms with Gasteiger partial charge in [0.2, 0.25) is 0 Å². The van der Waals surface area contributed by atoms with Crippen LogP contribution in [0.5, 0.6) is 0 Å². The SMILES string of the molecule is SCCc1ccc[nH]1. The molecule has 8 heavy (non-hydrogen) atoms. The lowest BCUT2D eigenvalue weighted by atomic mass is 10.3. The van der Waals surface area contributed by atoms with Crippen molar-refractivity contribution in [2.24, 2.45) is 0 Å². The summed E-state index contributed by atoms with van der Waals surface area (Å²) >= 11 is 4.09. The molecule has 0 saturated carbocycles. The monoisotopic (exact) mass is 127 g/mol. The van der Waals surface area contributed by atoms with E-state index in [1.165, 1.54) is 5.69 Å². The van der Waals surface area contributed by atoms with Gasteiger partial charge in [0.15, 0.2) is 0 Å². The van der Waals surface area contributed by atoms with Gasteiger partial charge in [0.1, 0.15) is 0 Å². The average Bonchev–Trinajstić information content (AvgIpc) is 2.19. The van der Waals surface area contributed by atoms with E-state index in [-0.39, 0.29) is 0 Å². The maximum atomic E-state index is 4.09. The highest BCUT2D eigenvalue weighted by Gasteiger charge is 1.86. The fraction of sp³-hybridized carbons (Fsp3) is 0.333. The van der Waals surface area contributed by atoms with Gasteiger partial charge < -0.3 is 4.98 Å². The van der Waals surface area contributed by atoms with Crippen molar-refractivity contribution >= 4 is 12.6 Å². The standard InChI is InChI=1S/C6H9NS/c8-5-3-6-2-1-4-7-6/h1-2,4,7-8H,3,5H2. The summed E-state index contributed by atoms with van der Waals surface area (Å²) in [6.07, 6.45) is 2.97. The van der Waals surface area contributed by atoms with Gasteiger partial charge in [0.25, 0.3) is 0 Å². The summed E-state index contributed by atoms with van der Waals surface area (Å²) in [4.78, 5) is 3.09. The lowest BCUT2D eigenvalue weighted by Gasteiger charge is -1.87. The fourth-order valence-corrected chi connectivity index (χ4v) is 0.884. The summed E-state index contributed by atoms with van der Waals surface area (Å²) in [5.41, 5.74) is 1.26. The molecule has 0 radical (unpaired) electrons. The Bertz CT molecular complexity index is 134. The van der Waals surface area contributed by atoms with Gasteiger partial charge in [-0.3, -0.25) is 0 Å². The molecular weight excluding hydrogens is 118 g/mol. The van der Waals surface area contributed by atoms with E-state index < -0.39 is 0 Å². The predicted octanol–water partition coefficient (Wildman–Crippen LogP) is 1.49. The first kappa shape index (κ1) is 5.76. The number of aryl methyl sites for hydroxylation is 1. The van der Waals surface area contributed by atoms with E-state index >= 15 is 0 Å². The Morgan fingerprint density at radius 3 is 3.00 bits per heavy atom. The van der Waals surface area contributed by atoms with E-state index in [0.717, 1.165) is 12.2 Å². The molecule has 44 valence electrons. The zero-order valence-electron chi connectivity index (χ0n) is 4.59. The Labute approximate surface area is 54.5 Å². The third-order valence-corrected chi connectivity index (χ3v) is 1.27. The van der Waals surface area contributed by atoms with Crippen molar-refractivity contribution in [1.82, 2.24) is 4.98 Å². The summed E-state index contributed by atoms with van der Waals surface area (Å²) in [5.74, 6) is 0.917. The average molecular weight is 127 g/mol. The number of hydrogen-bond donors (Lipinski definition) is 2. The smallest absolute Gasteiger partial charge is 0.0155 e. The molecular formula is C6H9NS. The fourth-order valence-electron chi connectivity index (χ4n) is 0.643. The lowest BCUT2D eigenvalue weighted by molar-refractivity contribution is 1.08. The molecule has 0 bridgehead atoms. The molecule has 2 heteroatoms. The highest BCUT2D eigenvalue weighted by Crippen LogP contribution is 1.95. The molecule has 1 heterocycles. The van der Waals surface area contributed by atoms with Crippen molar-refractivity contribution in [3.63, 3.8) is 0 Å². The normalized spacial score (nSPS) is 9.62. The summed E-state index contributed by atoms with van der Waals surface area (Å²) in [6, 6.07) is 4.06. The van der Waals surface area contributed by atoms with Gasteiger partial charge in [-0.25, -0.2) is 0 Å². The van der Waals surface area contributed by atoms with Crippen molar-refractivity contribution < 1.29 is 0 Å². The second kappa shape index (κ2) is 2.82. The van der Waals surface area contributed by atoms with Crippen molar-refractivity contribution in [2.45, 2.75) is 6.42 Å². The highest BCUT2D eigenvalue weighted by molar-refractivity contribution is 7.80. The number of rotatable bonds is 2. The van der Waals surface area contributed by atoms with Crippen LogP contribution in [0.15, 0.2) is 18.3 Å². The lowest BCUT2D eigenvalue weighted by Crippen LogP contribution is -1.83. The van der Waals surface area contributed by atoms with Gasteiger partial charge >= 0.3 is 0 Å². The van der Waals surface area contributed by atoms with Gasteiger partial charge in [-0.05, 0) is 24.3 Å². The van der Waals surface area contributed by atoms with Crippen LogP contribution in [-0.4, -0.2) is 10.7 Å². The maximum Gasteiger partial charge on any atom is 0.0155 e. The topological polar surface area (TPSA) is 15.8 Å². The van der Waals surface area contributed by atoms with E-state index in [2.05, 4.69) is 23.7 Å². The van der Waals surface area contributed by atoms with E-state index in [1.807, 2.05) is 12.3 Å². The van der Waals surface area contributed by atoms with Crippen molar-refractivity contribution in [1.29, 1.82) is 0 Å². The van der Waals surface area contributed by atoms with Crippen LogP contribution in [0.3, 0.4) is 0 Å². The minimum absolute atomic E-state index is 0.917. The summed E-state index contributed by atoms with van der Waals surface area (Å²) in [7, 11) is 0. The Morgan fingerprint density at radius 2 is 2.50 bits per heavy atom. The molecule has 1 aromatic rings. The number of nitrogens with one attached hydrogen (secondary N) is 1. The van der Waals surface area contributed by atoms with Crippen LogP contribution in [0.4, 0.5) is 0 Å². The molecule has 0 atom stereocenters. The third-order valence-electron chi connectivity index (χ3n) is 1.04. The zero-order valence-corrected chi connectivity index (χ0v) is 5.49. The molecule has 0 unspecified atom stereocenters. The van der Waals surface area contributed by atoms with E-state index in [4.69, 9.17) is 0 Å². The minimum Gasteiger partial charge on any atom is -0.365 e. The first-order chi connectivity index (χ1) is 3.93. The number of hydrogen-bond acceptors (Lipinski definition) is 1. The Hall–Kier alpha value is -0.370. The zero-order chi connectivity index (χ0) is 5.82. The van der Waals surface area contributed by atoms with E-state index in [9.17, 15) is 0 Å². The Kier molecular flexibility index (Phi) is 2.03. The summed E-state index contributed by atoms with van der Waals surface area (Å²) in [6.45, 7) is 0. The number of aromatic nitrogens is 1. The summed E-state index contributed by atoms with van der Waals surface area (Å²) in [5, 5.41) is 0. The molecule has 0 amide bonds. The van der Waals surface area contributed by atoms with Gasteiger partial charge in [-0.15, -0.1) is 0 Å². The van der Waals surface area contributed by atoms with Crippen molar-refractivity contribution in [3.8, 4) is 0 Å². The van der Waals surface area contributed by atoms with Gasteiger partial charge in [-0.2, -0.15) is 12.6 Å². The quantitative estimate of drug-likeness (QED) is 0.560. The van der Waals surface area contributed by atoms with Gasteiger partial charge in [0.05, 0.1) is 0 Å². The van der Waals surface area contributed by atoms with Crippen LogP contribution in [0, 0.1) is 0 Å². The first-order valence-corrected chi connectivity index (χ1v) is 3.30. The van der Waals surface area contributed by atoms with Crippen LogP contribution in [0.25, 0.3) is 0 Å². The van der Waals surface area contributed by atoms with Crippen LogP contribution < -0.4 is 0 Å². The first-order valence-electron chi connectivity index (χ1n) is 2.66.